The van der Waals surface area contributed by atoms with Gasteiger partial charge in [-0.3, -0.25) is 0 Å². The van der Waals surface area contributed by atoms with Crippen LogP contribution in [0.2, 0.25) is 0 Å². The number of ether oxygens (including phenoxy) is 2. The lowest BCUT2D eigenvalue weighted by Gasteiger charge is -2.11. The molecule has 3 nitrogen and oxygen atoms in total. The van der Waals surface area contributed by atoms with Gasteiger partial charge in [0.2, 0.25) is 0 Å². The van der Waals surface area contributed by atoms with Crippen LogP contribution in [-0.2, 0) is 4.74 Å². The molecule has 3 rings (SSSR count). The van der Waals surface area contributed by atoms with Gasteiger partial charge in [0.15, 0.2) is 0 Å². The molecule has 0 aliphatic heterocycles. The number of esters is 1. The molecule has 1 saturated carbocycles. The van der Waals surface area contributed by atoms with E-state index < -0.39 is 5.97 Å². The molecule has 0 bridgehead atoms. The van der Waals surface area contributed by atoms with E-state index in [9.17, 15) is 4.79 Å². The van der Waals surface area contributed by atoms with E-state index in [1.807, 2.05) is 30.3 Å². The van der Waals surface area contributed by atoms with Crippen LogP contribution in [0.15, 0.2) is 36.4 Å². The molecule has 2 aromatic rings. The summed E-state index contributed by atoms with van der Waals surface area (Å²) in [7, 11) is 1.37. The van der Waals surface area contributed by atoms with Gasteiger partial charge in [0.25, 0.3) is 0 Å². The zero-order valence-electron chi connectivity index (χ0n) is 11.9. The molecule has 0 N–H and O–H groups in total. The number of fused-ring (bicyclic) bond motifs is 1. The topological polar surface area (TPSA) is 35.5 Å². The van der Waals surface area contributed by atoms with Crippen LogP contribution in [0, 0.1) is 17.8 Å². The molecule has 0 unspecified atom stereocenters. The molecule has 1 aliphatic rings. The molecular formula is C18H16O3. The zero-order valence-corrected chi connectivity index (χ0v) is 11.9. The molecule has 2 aromatic carbocycles. The van der Waals surface area contributed by atoms with E-state index in [0.29, 0.717) is 17.2 Å². The molecule has 0 aromatic heterocycles. The minimum Gasteiger partial charge on any atom is -0.479 e. The van der Waals surface area contributed by atoms with Crippen molar-refractivity contribution >= 4 is 16.7 Å². The van der Waals surface area contributed by atoms with Crippen LogP contribution in [0.3, 0.4) is 0 Å². The third kappa shape index (κ3) is 3.00. The van der Waals surface area contributed by atoms with E-state index in [2.05, 4.69) is 11.8 Å². The average molecular weight is 280 g/mol. The monoisotopic (exact) mass is 280 g/mol. The minimum absolute atomic E-state index is 0.286. The smallest absolute Gasteiger partial charge is 0.341 e. The highest BCUT2D eigenvalue weighted by atomic mass is 16.5. The van der Waals surface area contributed by atoms with Crippen LogP contribution >= 0.6 is 0 Å². The predicted molar refractivity (Wildman–Crippen MR) is 81.3 cm³/mol. The maximum atomic E-state index is 11.9. The van der Waals surface area contributed by atoms with Gasteiger partial charge in [0, 0.05) is 11.3 Å². The maximum absolute atomic E-state index is 11.9. The Labute approximate surface area is 123 Å². The Morgan fingerprint density at radius 1 is 1.24 bits per heavy atom. The lowest BCUT2D eigenvalue weighted by Crippen LogP contribution is -2.06. The molecule has 0 heterocycles. The highest BCUT2D eigenvalue weighted by Gasteiger charge is 2.18. The Bertz CT molecular complexity index is 733. The number of methoxy groups -OCH3 is 1. The van der Waals surface area contributed by atoms with Crippen LogP contribution in [0.1, 0.15) is 23.2 Å². The van der Waals surface area contributed by atoms with Crippen molar-refractivity contribution < 1.29 is 14.3 Å². The molecule has 0 amide bonds. The van der Waals surface area contributed by atoms with E-state index in [4.69, 9.17) is 9.47 Å². The third-order valence-corrected chi connectivity index (χ3v) is 3.46. The molecule has 1 aliphatic carbocycles. The fourth-order valence-electron chi connectivity index (χ4n) is 2.19. The number of hydrogen-bond donors (Lipinski definition) is 0. The van der Waals surface area contributed by atoms with Crippen molar-refractivity contribution in [1.29, 1.82) is 0 Å². The zero-order chi connectivity index (χ0) is 14.7. The second-order valence-electron chi connectivity index (χ2n) is 5.04. The number of carbonyl (C=O) groups is 1. The summed E-state index contributed by atoms with van der Waals surface area (Å²) in [5, 5.41) is 1.92. The molecule has 0 saturated heterocycles. The summed E-state index contributed by atoms with van der Waals surface area (Å²) in [6.07, 6.45) is 2.38. The van der Waals surface area contributed by atoms with E-state index in [1.165, 1.54) is 20.0 Å². The first kappa shape index (κ1) is 13.5. The van der Waals surface area contributed by atoms with Gasteiger partial charge in [-0.05, 0) is 24.3 Å². The summed E-state index contributed by atoms with van der Waals surface area (Å²) >= 11 is 0. The second-order valence-corrected chi connectivity index (χ2v) is 5.04. The van der Waals surface area contributed by atoms with Crippen molar-refractivity contribution in [2.75, 3.05) is 13.7 Å². The average Bonchev–Trinajstić information content (AvgIpc) is 3.35. The Kier molecular flexibility index (Phi) is 3.79. The van der Waals surface area contributed by atoms with Crippen LogP contribution in [0.5, 0.6) is 5.75 Å². The SMILES string of the molecule is COC(=O)c1ccc2ccccc2c1OCC#CC1CC1. The first-order valence-corrected chi connectivity index (χ1v) is 7.01. The van der Waals surface area contributed by atoms with Crippen LogP contribution in [0.4, 0.5) is 0 Å². The summed E-state index contributed by atoms with van der Waals surface area (Å²) in [4.78, 5) is 11.9. The first-order chi connectivity index (χ1) is 10.3. The highest BCUT2D eigenvalue weighted by molar-refractivity contribution is 6.01. The van der Waals surface area contributed by atoms with Crippen molar-refractivity contribution in [3.63, 3.8) is 0 Å². The quantitative estimate of drug-likeness (QED) is 0.638. The van der Waals surface area contributed by atoms with Crippen molar-refractivity contribution in [2.24, 2.45) is 5.92 Å². The van der Waals surface area contributed by atoms with Crippen LogP contribution < -0.4 is 4.74 Å². The van der Waals surface area contributed by atoms with E-state index in [-0.39, 0.29) is 6.61 Å². The summed E-state index contributed by atoms with van der Waals surface area (Å²) < 4.78 is 10.6. The van der Waals surface area contributed by atoms with Gasteiger partial charge in [-0.2, -0.15) is 0 Å². The summed E-state index contributed by atoms with van der Waals surface area (Å²) in [5.74, 6) is 6.86. The standard InChI is InChI=1S/C18H16O3/c1-20-18(19)16-11-10-14-6-2-3-7-15(14)17(16)21-12-4-5-13-8-9-13/h2-3,6-7,10-11,13H,8-9,12H2,1H3. The van der Waals surface area contributed by atoms with Gasteiger partial charge in [-0.1, -0.05) is 42.2 Å². The van der Waals surface area contributed by atoms with Crippen molar-refractivity contribution in [3.8, 4) is 17.6 Å². The van der Waals surface area contributed by atoms with Crippen LogP contribution in [-0.4, -0.2) is 19.7 Å². The van der Waals surface area contributed by atoms with E-state index >= 15 is 0 Å². The largest absolute Gasteiger partial charge is 0.479 e. The minimum atomic E-state index is -0.397. The molecule has 0 atom stereocenters. The van der Waals surface area contributed by atoms with Crippen molar-refractivity contribution in [2.45, 2.75) is 12.8 Å². The Morgan fingerprint density at radius 3 is 2.81 bits per heavy atom. The number of hydrogen-bond acceptors (Lipinski definition) is 3. The molecular weight excluding hydrogens is 264 g/mol. The Balaban J connectivity index is 1.95. The van der Waals surface area contributed by atoms with Gasteiger partial charge >= 0.3 is 5.97 Å². The molecule has 1 fully saturated rings. The lowest BCUT2D eigenvalue weighted by molar-refractivity contribution is 0.0597. The lowest BCUT2D eigenvalue weighted by atomic mass is 10.1. The van der Waals surface area contributed by atoms with Gasteiger partial charge in [0.05, 0.1) is 7.11 Å². The third-order valence-electron chi connectivity index (χ3n) is 3.46. The fraction of sp³-hybridized carbons (Fsp3) is 0.278. The summed E-state index contributed by atoms with van der Waals surface area (Å²) in [6.45, 7) is 0.286. The molecule has 0 spiro atoms. The highest BCUT2D eigenvalue weighted by Crippen LogP contribution is 2.30. The Morgan fingerprint density at radius 2 is 2.05 bits per heavy atom. The first-order valence-electron chi connectivity index (χ1n) is 7.01. The Hall–Kier alpha value is -2.47. The van der Waals surface area contributed by atoms with E-state index in [0.717, 1.165) is 10.8 Å². The normalized spacial score (nSPS) is 13.4. The number of benzene rings is 2. The van der Waals surface area contributed by atoms with Gasteiger partial charge in [-0.25, -0.2) is 4.79 Å². The van der Waals surface area contributed by atoms with Gasteiger partial charge < -0.3 is 9.47 Å². The second kappa shape index (κ2) is 5.88. The van der Waals surface area contributed by atoms with Crippen molar-refractivity contribution in [3.05, 3.63) is 42.0 Å². The van der Waals surface area contributed by atoms with E-state index in [1.54, 1.807) is 6.07 Å². The van der Waals surface area contributed by atoms with Crippen molar-refractivity contribution in [1.82, 2.24) is 0 Å². The molecule has 3 heteroatoms. The summed E-state index contributed by atoms with van der Waals surface area (Å²) in [6, 6.07) is 11.4. The molecule has 21 heavy (non-hydrogen) atoms. The number of carbonyl (C=O) groups excluding carboxylic acids is 1. The summed E-state index contributed by atoms with van der Waals surface area (Å²) in [5.41, 5.74) is 0.435. The maximum Gasteiger partial charge on any atom is 0.341 e. The number of rotatable bonds is 3. The van der Waals surface area contributed by atoms with Gasteiger partial charge in [-0.15, -0.1) is 0 Å². The van der Waals surface area contributed by atoms with Gasteiger partial charge in [0.1, 0.15) is 17.9 Å². The predicted octanol–water partition coefficient (Wildman–Crippen LogP) is 3.42. The molecule has 106 valence electrons. The fourth-order valence-corrected chi connectivity index (χ4v) is 2.19. The molecule has 0 radical (unpaired) electrons. The van der Waals surface area contributed by atoms with Crippen LogP contribution in [0.25, 0.3) is 10.8 Å².